The standard InChI is InChI=1S/C17H17NO5/c1-18-8-7-13(19)15(20)16(18)17(21,14-10-22-11-23-14)9-12-5-3-2-4-6-12/h2-8,10,20-21H,9,11H2,1H3. The molecule has 1 unspecified atom stereocenters. The zero-order valence-electron chi connectivity index (χ0n) is 12.6. The number of ether oxygens (including phenoxy) is 2. The van der Waals surface area contributed by atoms with Crippen LogP contribution in [0.5, 0.6) is 5.75 Å². The number of rotatable bonds is 4. The number of nitrogens with zero attached hydrogens (tertiary/aromatic N) is 1. The van der Waals surface area contributed by atoms with Crippen molar-refractivity contribution in [3.8, 4) is 5.75 Å². The number of hydrogen-bond donors (Lipinski definition) is 2. The van der Waals surface area contributed by atoms with E-state index in [4.69, 9.17) is 9.47 Å². The predicted molar refractivity (Wildman–Crippen MR) is 82.5 cm³/mol. The highest BCUT2D eigenvalue weighted by atomic mass is 16.7. The summed E-state index contributed by atoms with van der Waals surface area (Å²) < 4.78 is 11.9. The van der Waals surface area contributed by atoms with Gasteiger partial charge in [-0.25, -0.2) is 0 Å². The van der Waals surface area contributed by atoms with Crippen LogP contribution in [-0.4, -0.2) is 21.6 Å². The summed E-state index contributed by atoms with van der Waals surface area (Å²) in [5.74, 6) is -0.359. The van der Waals surface area contributed by atoms with E-state index in [1.807, 2.05) is 30.3 Å². The third-order valence-electron chi connectivity index (χ3n) is 3.83. The van der Waals surface area contributed by atoms with Gasteiger partial charge in [0.25, 0.3) is 0 Å². The second-order valence-corrected chi connectivity index (χ2v) is 5.42. The fourth-order valence-electron chi connectivity index (χ4n) is 2.74. The van der Waals surface area contributed by atoms with Gasteiger partial charge in [-0.15, -0.1) is 0 Å². The number of aryl methyl sites for hydroxylation is 1. The number of aliphatic hydroxyl groups is 1. The molecule has 0 saturated heterocycles. The van der Waals surface area contributed by atoms with Crippen molar-refractivity contribution in [2.75, 3.05) is 6.79 Å². The summed E-state index contributed by atoms with van der Waals surface area (Å²) in [7, 11) is 1.64. The van der Waals surface area contributed by atoms with Crippen molar-refractivity contribution in [1.82, 2.24) is 4.57 Å². The minimum atomic E-state index is -1.73. The number of pyridine rings is 1. The third-order valence-corrected chi connectivity index (χ3v) is 3.83. The fraction of sp³-hybridized carbons (Fsp3) is 0.235. The first-order chi connectivity index (χ1) is 11.0. The van der Waals surface area contributed by atoms with E-state index < -0.39 is 16.8 Å². The van der Waals surface area contributed by atoms with Crippen LogP contribution in [0, 0.1) is 0 Å². The van der Waals surface area contributed by atoms with E-state index in [1.54, 1.807) is 7.05 Å². The van der Waals surface area contributed by atoms with Gasteiger partial charge >= 0.3 is 0 Å². The van der Waals surface area contributed by atoms with Gasteiger partial charge < -0.3 is 24.3 Å². The Kier molecular flexibility index (Phi) is 3.83. The molecular weight excluding hydrogens is 298 g/mol. The Labute approximate surface area is 132 Å². The molecule has 1 aliphatic heterocycles. The molecule has 6 heteroatoms. The summed E-state index contributed by atoms with van der Waals surface area (Å²) in [5, 5.41) is 21.6. The second-order valence-electron chi connectivity index (χ2n) is 5.42. The van der Waals surface area contributed by atoms with Crippen molar-refractivity contribution < 1.29 is 19.7 Å². The molecule has 3 rings (SSSR count). The molecule has 120 valence electrons. The molecule has 0 bridgehead atoms. The van der Waals surface area contributed by atoms with E-state index in [0.717, 1.165) is 5.56 Å². The van der Waals surface area contributed by atoms with E-state index in [2.05, 4.69) is 0 Å². The van der Waals surface area contributed by atoms with Gasteiger partial charge in [0.15, 0.2) is 17.1 Å². The minimum absolute atomic E-state index is 0.0199. The molecule has 0 fully saturated rings. The van der Waals surface area contributed by atoms with Gasteiger partial charge in [-0.3, -0.25) is 4.79 Å². The molecular formula is C17H17NO5. The van der Waals surface area contributed by atoms with Crippen molar-refractivity contribution in [1.29, 1.82) is 0 Å². The lowest BCUT2D eigenvalue weighted by Gasteiger charge is -2.30. The molecule has 23 heavy (non-hydrogen) atoms. The van der Waals surface area contributed by atoms with E-state index in [0.29, 0.717) is 0 Å². The van der Waals surface area contributed by atoms with Gasteiger partial charge in [0.2, 0.25) is 12.2 Å². The molecule has 2 heterocycles. The quantitative estimate of drug-likeness (QED) is 0.890. The maximum Gasteiger partial charge on any atom is 0.230 e. The first-order valence-corrected chi connectivity index (χ1v) is 7.13. The lowest BCUT2D eigenvalue weighted by molar-refractivity contribution is -0.0123. The molecule has 1 aliphatic rings. The Morgan fingerprint density at radius 1 is 1.26 bits per heavy atom. The molecule has 1 atom stereocenters. The van der Waals surface area contributed by atoms with Crippen molar-refractivity contribution in [2.24, 2.45) is 7.05 Å². The van der Waals surface area contributed by atoms with Crippen molar-refractivity contribution in [3.05, 3.63) is 76.1 Å². The molecule has 0 amide bonds. The summed E-state index contributed by atoms with van der Waals surface area (Å²) in [6.45, 7) is -0.0199. The summed E-state index contributed by atoms with van der Waals surface area (Å²) >= 11 is 0. The monoisotopic (exact) mass is 315 g/mol. The average molecular weight is 315 g/mol. The Hall–Kier alpha value is -2.73. The van der Waals surface area contributed by atoms with Crippen LogP contribution in [0.25, 0.3) is 0 Å². The maximum absolute atomic E-state index is 11.8. The summed E-state index contributed by atoms with van der Waals surface area (Å²) in [6, 6.07) is 10.5. The second kappa shape index (κ2) is 5.81. The van der Waals surface area contributed by atoms with Crippen LogP contribution in [0.3, 0.4) is 0 Å². The van der Waals surface area contributed by atoms with Crippen LogP contribution in [0.2, 0.25) is 0 Å². The third kappa shape index (κ3) is 2.68. The zero-order chi connectivity index (χ0) is 16.4. The minimum Gasteiger partial charge on any atom is -0.503 e. The predicted octanol–water partition coefficient (Wildman–Crippen LogP) is 1.37. The molecule has 2 aromatic rings. The molecule has 0 saturated carbocycles. The Morgan fingerprint density at radius 3 is 2.65 bits per heavy atom. The first-order valence-electron chi connectivity index (χ1n) is 7.13. The summed E-state index contributed by atoms with van der Waals surface area (Å²) in [5.41, 5.74) is -1.41. The molecule has 1 aromatic heterocycles. The van der Waals surface area contributed by atoms with E-state index in [1.165, 1.54) is 23.1 Å². The largest absolute Gasteiger partial charge is 0.503 e. The highest BCUT2D eigenvalue weighted by Crippen LogP contribution is 2.38. The number of aromatic nitrogens is 1. The van der Waals surface area contributed by atoms with Crippen LogP contribution in [0.1, 0.15) is 11.3 Å². The number of hydrogen-bond acceptors (Lipinski definition) is 5. The van der Waals surface area contributed by atoms with E-state index in [-0.39, 0.29) is 24.7 Å². The van der Waals surface area contributed by atoms with E-state index >= 15 is 0 Å². The summed E-state index contributed by atoms with van der Waals surface area (Å²) in [6.07, 6.45) is 2.91. The fourth-order valence-corrected chi connectivity index (χ4v) is 2.74. The average Bonchev–Trinajstić information content (AvgIpc) is 3.07. The van der Waals surface area contributed by atoms with Crippen LogP contribution in [-0.2, 0) is 28.5 Å². The van der Waals surface area contributed by atoms with Crippen LogP contribution in [0.15, 0.2) is 59.4 Å². The van der Waals surface area contributed by atoms with Gasteiger partial charge in [0, 0.05) is 25.7 Å². The highest BCUT2D eigenvalue weighted by Gasteiger charge is 2.42. The maximum atomic E-state index is 11.8. The first kappa shape index (κ1) is 15.2. The highest BCUT2D eigenvalue weighted by molar-refractivity contribution is 5.39. The Bertz CT molecular complexity index is 796. The van der Waals surface area contributed by atoms with E-state index in [9.17, 15) is 15.0 Å². The lowest BCUT2D eigenvalue weighted by atomic mass is 9.88. The molecule has 2 N–H and O–H groups in total. The van der Waals surface area contributed by atoms with Crippen molar-refractivity contribution >= 4 is 0 Å². The van der Waals surface area contributed by atoms with Gasteiger partial charge in [0.1, 0.15) is 12.0 Å². The van der Waals surface area contributed by atoms with Gasteiger partial charge in [-0.05, 0) is 5.56 Å². The SMILES string of the molecule is Cn1ccc(=O)c(O)c1C(O)(Cc1ccccc1)C1=COCO1. The van der Waals surface area contributed by atoms with Gasteiger partial charge in [0.05, 0.1) is 0 Å². The van der Waals surface area contributed by atoms with Gasteiger partial charge in [-0.1, -0.05) is 30.3 Å². The van der Waals surface area contributed by atoms with Crippen molar-refractivity contribution in [3.63, 3.8) is 0 Å². The molecule has 6 nitrogen and oxygen atoms in total. The molecule has 0 radical (unpaired) electrons. The smallest absolute Gasteiger partial charge is 0.230 e. The Balaban J connectivity index is 2.17. The molecule has 0 aliphatic carbocycles. The number of benzene rings is 1. The molecule has 1 aromatic carbocycles. The molecule has 0 spiro atoms. The van der Waals surface area contributed by atoms with Gasteiger partial charge in [-0.2, -0.15) is 0 Å². The lowest BCUT2D eigenvalue weighted by Crippen LogP contribution is -2.36. The van der Waals surface area contributed by atoms with Crippen LogP contribution >= 0.6 is 0 Å². The zero-order valence-corrected chi connectivity index (χ0v) is 12.6. The number of aromatic hydroxyl groups is 1. The van der Waals surface area contributed by atoms with Crippen LogP contribution < -0.4 is 5.43 Å². The van der Waals surface area contributed by atoms with Crippen molar-refractivity contribution in [2.45, 2.75) is 12.0 Å². The normalized spacial score (nSPS) is 16.2. The summed E-state index contributed by atoms with van der Waals surface area (Å²) in [4.78, 5) is 11.8. The Morgan fingerprint density at radius 2 is 2.00 bits per heavy atom. The topological polar surface area (TPSA) is 80.9 Å². The van der Waals surface area contributed by atoms with Crippen LogP contribution in [0.4, 0.5) is 0 Å².